The molecule has 14 heavy (non-hydrogen) atoms. The van der Waals surface area contributed by atoms with Gasteiger partial charge in [-0.15, -0.1) is 11.6 Å². The number of ether oxygens (including phenoxy) is 1. The van der Waals surface area contributed by atoms with Gasteiger partial charge in [0.05, 0.1) is 0 Å². The van der Waals surface area contributed by atoms with E-state index in [1.807, 2.05) is 0 Å². The Bertz CT molecular complexity index is 126. The molecule has 84 valence electrons. The first-order valence-electron chi connectivity index (χ1n) is 5.79. The highest BCUT2D eigenvalue weighted by molar-refractivity contribution is 6.17. The first kappa shape index (κ1) is 12.3. The Morgan fingerprint density at radius 3 is 2.43 bits per heavy atom. The zero-order valence-electron chi connectivity index (χ0n) is 9.01. The third kappa shape index (κ3) is 5.84. The van der Waals surface area contributed by atoms with Crippen molar-refractivity contribution in [3.05, 3.63) is 0 Å². The molecule has 0 spiro atoms. The number of piperidine rings is 1. The van der Waals surface area contributed by atoms with E-state index in [0.717, 1.165) is 19.6 Å². The molecular weight excluding hydrogens is 198 g/mol. The van der Waals surface area contributed by atoms with Gasteiger partial charge in [-0.3, -0.25) is 0 Å². The SMILES string of the molecule is ClCCCOCCCN1CCCCC1. The topological polar surface area (TPSA) is 12.5 Å². The van der Waals surface area contributed by atoms with Crippen LogP contribution in [0.2, 0.25) is 0 Å². The van der Waals surface area contributed by atoms with E-state index in [2.05, 4.69) is 4.90 Å². The Labute approximate surface area is 92.6 Å². The van der Waals surface area contributed by atoms with Crippen LogP contribution in [0.25, 0.3) is 0 Å². The number of hydrogen-bond acceptors (Lipinski definition) is 2. The summed E-state index contributed by atoms with van der Waals surface area (Å²) in [6, 6.07) is 0. The van der Waals surface area contributed by atoms with Gasteiger partial charge in [-0.05, 0) is 38.8 Å². The van der Waals surface area contributed by atoms with E-state index in [1.54, 1.807) is 0 Å². The molecule has 0 bridgehead atoms. The molecule has 1 aliphatic heterocycles. The maximum absolute atomic E-state index is 5.55. The van der Waals surface area contributed by atoms with E-state index in [1.165, 1.54) is 45.3 Å². The molecule has 2 nitrogen and oxygen atoms in total. The standard InChI is InChI=1S/C11H22ClNO/c12-6-4-10-14-11-5-9-13-7-2-1-3-8-13/h1-11H2. The van der Waals surface area contributed by atoms with Gasteiger partial charge >= 0.3 is 0 Å². The fourth-order valence-electron chi connectivity index (χ4n) is 1.83. The van der Waals surface area contributed by atoms with Crippen LogP contribution in [0.1, 0.15) is 32.1 Å². The van der Waals surface area contributed by atoms with Crippen LogP contribution in [0.4, 0.5) is 0 Å². The van der Waals surface area contributed by atoms with E-state index >= 15 is 0 Å². The number of nitrogens with zero attached hydrogens (tertiary/aromatic N) is 1. The molecule has 0 aromatic rings. The number of halogens is 1. The number of rotatable bonds is 7. The summed E-state index contributed by atoms with van der Waals surface area (Å²) in [5, 5.41) is 0. The van der Waals surface area contributed by atoms with Crippen molar-refractivity contribution in [1.29, 1.82) is 0 Å². The van der Waals surface area contributed by atoms with Crippen molar-refractivity contribution in [2.24, 2.45) is 0 Å². The molecule has 1 saturated heterocycles. The van der Waals surface area contributed by atoms with Crippen molar-refractivity contribution in [2.75, 3.05) is 38.7 Å². The lowest BCUT2D eigenvalue weighted by molar-refractivity contribution is 0.118. The summed E-state index contributed by atoms with van der Waals surface area (Å²) >= 11 is 5.55. The molecule has 0 saturated carbocycles. The number of hydrogen-bond donors (Lipinski definition) is 0. The van der Waals surface area contributed by atoms with E-state index in [9.17, 15) is 0 Å². The normalized spacial score (nSPS) is 18.6. The van der Waals surface area contributed by atoms with Crippen LogP contribution in [0.15, 0.2) is 0 Å². The van der Waals surface area contributed by atoms with Crippen LogP contribution in [0.3, 0.4) is 0 Å². The van der Waals surface area contributed by atoms with Crippen molar-refractivity contribution >= 4 is 11.6 Å². The van der Waals surface area contributed by atoms with Crippen molar-refractivity contribution in [2.45, 2.75) is 32.1 Å². The van der Waals surface area contributed by atoms with Gasteiger partial charge in [0.1, 0.15) is 0 Å². The summed E-state index contributed by atoms with van der Waals surface area (Å²) in [6.45, 7) is 5.52. The lowest BCUT2D eigenvalue weighted by Crippen LogP contribution is -2.31. The maximum Gasteiger partial charge on any atom is 0.0478 e. The number of likely N-dealkylation sites (tertiary alicyclic amines) is 1. The van der Waals surface area contributed by atoms with Gasteiger partial charge in [0.25, 0.3) is 0 Å². The molecule has 0 aliphatic carbocycles. The summed E-state index contributed by atoms with van der Waals surface area (Å²) in [5.74, 6) is 0.714. The van der Waals surface area contributed by atoms with E-state index in [-0.39, 0.29) is 0 Å². The molecule has 0 radical (unpaired) electrons. The predicted molar refractivity (Wildman–Crippen MR) is 61.1 cm³/mol. The molecule has 1 aliphatic rings. The molecule has 0 aromatic carbocycles. The minimum Gasteiger partial charge on any atom is -0.381 e. The summed E-state index contributed by atoms with van der Waals surface area (Å²) in [6.07, 6.45) is 6.33. The molecule has 1 heterocycles. The minimum atomic E-state index is 0.714. The smallest absolute Gasteiger partial charge is 0.0478 e. The zero-order valence-corrected chi connectivity index (χ0v) is 9.77. The molecule has 3 heteroatoms. The van der Waals surface area contributed by atoms with E-state index in [4.69, 9.17) is 16.3 Å². The highest BCUT2D eigenvalue weighted by Gasteiger charge is 2.08. The summed E-state index contributed by atoms with van der Waals surface area (Å²) in [5.41, 5.74) is 0. The third-order valence-electron chi connectivity index (χ3n) is 2.63. The second-order valence-corrected chi connectivity index (χ2v) is 4.29. The first-order chi connectivity index (χ1) is 6.93. The van der Waals surface area contributed by atoms with Gasteiger partial charge in [-0.25, -0.2) is 0 Å². The minimum absolute atomic E-state index is 0.714. The van der Waals surface area contributed by atoms with Crippen molar-refractivity contribution < 1.29 is 4.74 Å². The second-order valence-electron chi connectivity index (χ2n) is 3.91. The number of alkyl halides is 1. The summed E-state index contributed by atoms with van der Waals surface area (Å²) < 4.78 is 5.45. The molecule has 0 amide bonds. The van der Waals surface area contributed by atoms with Crippen molar-refractivity contribution in [3.63, 3.8) is 0 Å². The van der Waals surface area contributed by atoms with Crippen LogP contribution in [0.5, 0.6) is 0 Å². The molecule has 0 N–H and O–H groups in total. The van der Waals surface area contributed by atoms with E-state index < -0.39 is 0 Å². The lowest BCUT2D eigenvalue weighted by atomic mass is 10.1. The maximum atomic E-state index is 5.55. The van der Waals surface area contributed by atoms with Gasteiger partial charge in [-0.2, -0.15) is 0 Å². The molecule has 0 aromatic heterocycles. The van der Waals surface area contributed by atoms with Crippen LogP contribution >= 0.6 is 11.6 Å². The van der Waals surface area contributed by atoms with Gasteiger partial charge in [0.2, 0.25) is 0 Å². The van der Waals surface area contributed by atoms with E-state index in [0.29, 0.717) is 5.88 Å². The van der Waals surface area contributed by atoms with Gasteiger partial charge < -0.3 is 9.64 Å². The molecule has 0 atom stereocenters. The van der Waals surface area contributed by atoms with Gasteiger partial charge in [0.15, 0.2) is 0 Å². The molecular formula is C11H22ClNO. The Balaban J connectivity index is 1.82. The first-order valence-corrected chi connectivity index (χ1v) is 6.33. The second kappa shape index (κ2) is 8.51. The Morgan fingerprint density at radius 1 is 1.00 bits per heavy atom. The monoisotopic (exact) mass is 219 g/mol. The quantitative estimate of drug-likeness (QED) is 0.482. The van der Waals surface area contributed by atoms with Crippen molar-refractivity contribution in [1.82, 2.24) is 4.90 Å². The average molecular weight is 220 g/mol. The Morgan fingerprint density at radius 2 is 1.71 bits per heavy atom. The predicted octanol–water partition coefficient (Wildman–Crippen LogP) is 2.51. The highest BCUT2D eigenvalue weighted by atomic mass is 35.5. The summed E-state index contributed by atoms with van der Waals surface area (Å²) in [4.78, 5) is 2.55. The van der Waals surface area contributed by atoms with Crippen molar-refractivity contribution in [3.8, 4) is 0 Å². The summed E-state index contributed by atoms with van der Waals surface area (Å²) in [7, 11) is 0. The molecule has 0 unspecified atom stereocenters. The van der Waals surface area contributed by atoms with Crippen LogP contribution < -0.4 is 0 Å². The van der Waals surface area contributed by atoms with Gasteiger partial charge in [-0.1, -0.05) is 6.42 Å². The zero-order chi connectivity index (χ0) is 10.1. The fourth-order valence-corrected chi connectivity index (χ4v) is 1.94. The Hall–Kier alpha value is 0.210. The van der Waals surface area contributed by atoms with Crippen LogP contribution in [-0.4, -0.2) is 43.6 Å². The molecule has 1 fully saturated rings. The largest absolute Gasteiger partial charge is 0.381 e. The lowest BCUT2D eigenvalue weighted by Gasteiger charge is -2.26. The molecule has 1 rings (SSSR count). The van der Waals surface area contributed by atoms with Crippen LogP contribution in [0, 0.1) is 0 Å². The Kier molecular flexibility index (Phi) is 7.47. The average Bonchev–Trinajstić information content (AvgIpc) is 2.25. The van der Waals surface area contributed by atoms with Gasteiger partial charge in [0, 0.05) is 25.6 Å². The fraction of sp³-hybridized carbons (Fsp3) is 1.00. The highest BCUT2D eigenvalue weighted by Crippen LogP contribution is 2.08. The third-order valence-corrected chi connectivity index (χ3v) is 2.90. The van der Waals surface area contributed by atoms with Crippen LogP contribution in [-0.2, 0) is 4.74 Å².